The van der Waals surface area contributed by atoms with Gasteiger partial charge in [0.25, 0.3) is 5.91 Å². The van der Waals surface area contributed by atoms with E-state index in [-0.39, 0.29) is 11.9 Å². The van der Waals surface area contributed by atoms with Gasteiger partial charge in [0.1, 0.15) is 6.73 Å². The van der Waals surface area contributed by atoms with Crippen LogP contribution in [-0.2, 0) is 24.4 Å². The van der Waals surface area contributed by atoms with Gasteiger partial charge >= 0.3 is 0 Å². The number of hydrogen-bond acceptors (Lipinski definition) is 8. The number of nitrogens with zero attached hydrogens (tertiary/aromatic N) is 8. The number of piperidine rings is 1. The van der Waals surface area contributed by atoms with Crippen LogP contribution in [0.15, 0.2) is 12.4 Å². The van der Waals surface area contributed by atoms with E-state index in [4.69, 9.17) is 14.8 Å². The third-order valence-corrected chi connectivity index (χ3v) is 9.56. The van der Waals surface area contributed by atoms with Gasteiger partial charge in [-0.2, -0.15) is 5.10 Å². The summed E-state index contributed by atoms with van der Waals surface area (Å²) in [5, 5.41) is 16.2. The Morgan fingerprint density at radius 1 is 1.21 bits per heavy atom. The maximum atomic E-state index is 13.0. The molecule has 1 amide bonds. The number of ether oxygens (including phenoxy) is 1. The third-order valence-electron chi connectivity index (χ3n) is 8.17. The number of aromatic nitrogens is 7. The van der Waals surface area contributed by atoms with Crippen LogP contribution in [0.3, 0.4) is 0 Å². The number of rotatable bonds is 10. The first-order chi connectivity index (χ1) is 18.6. The van der Waals surface area contributed by atoms with E-state index in [9.17, 15) is 4.79 Å². The largest absolute Gasteiger partial charge is 0.358 e. The highest BCUT2D eigenvalue weighted by Crippen LogP contribution is 2.45. The molecule has 0 bridgehead atoms. The van der Waals surface area contributed by atoms with Gasteiger partial charge in [0, 0.05) is 42.0 Å². The second-order valence-electron chi connectivity index (χ2n) is 12.1. The molecule has 1 saturated carbocycles. The Morgan fingerprint density at radius 2 is 2.00 bits per heavy atom. The summed E-state index contributed by atoms with van der Waals surface area (Å²) < 4.78 is 9.48. The fourth-order valence-electron chi connectivity index (χ4n) is 5.58. The quantitative estimate of drug-likeness (QED) is 0.381. The zero-order valence-corrected chi connectivity index (χ0v) is 24.4. The number of anilines is 1. The Hall–Kier alpha value is -2.99. The summed E-state index contributed by atoms with van der Waals surface area (Å²) in [6.07, 6.45) is 13.5. The molecule has 3 aliphatic rings. The number of aryl methyl sites for hydroxylation is 1. The van der Waals surface area contributed by atoms with Crippen LogP contribution in [0.25, 0.3) is 0 Å². The van der Waals surface area contributed by atoms with E-state index >= 15 is 0 Å². The van der Waals surface area contributed by atoms with Gasteiger partial charge in [0.2, 0.25) is 5.95 Å². The molecule has 4 heterocycles. The highest BCUT2D eigenvalue weighted by atomic mass is 32.3. The van der Waals surface area contributed by atoms with Crippen molar-refractivity contribution in [1.29, 1.82) is 0 Å². The molecule has 210 valence electrons. The lowest BCUT2D eigenvalue weighted by atomic mass is 10.2. The lowest BCUT2D eigenvalue weighted by Crippen LogP contribution is -2.28. The Kier molecular flexibility index (Phi) is 6.86. The minimum absolute atomic E-state index is 0.142. The van der Waals surface area contributed by atoms with E-state index in [0.717, 1.165) is 78.7 Å². The van der Waals surface area contributed by atoms with Crippen molar-refractivity contribution in [2.75, 3.05) is 49.1 Å². The monoisotopic (exact) mass is 553 g/mol. The van der Waals surface area contributed by atoms with Crippen molar-refractivity contribution < 1.29 is 9.53 Å². The van der Waals surface area contributed by atoms with E-state index in [1.165, 1.54) is 12.0 Å². The predicted molar refractivity (Wildman–Crippen MR) is 151 cm³/mol. The Labute approximate surface area is 231 Å². The summed E-state index contributed by atoms with van der Waals surface area (Å²) in [5.74, 6) is 3.31. The van der Waals surface area contributed by atoms with Crippen LogP contribution in [0.2, 0.25) is 0 Å². The molecule has 12 heteroatoms. The summed E-state index contributed by atoms with van der Waals surface area (Å²) >= 11 is 0. The summed E-state index contributed by atoms with van der Waals surface area (Å²) in [4.78, 5) is 24.7. The van der Waals surface area contributed by atoms with E-state index in [0.29, 0.717) is 19.0 Å². The molecule has 1 N–H and O–H groups in total. The number of fused-ring (bicyclic) bond motifs is 2. The highest BCUT2D eigenvalue weighted by Gasteiger charge is 2.45. The molecule has 6 rings (SSSR count). The Morgan fingerprint density at radius 3 is 2.74 bits per heavy atom. The molecular weight excluding hydrogens is 514 g/mol. The van der Waals surface area contributed by atoms with Crippen molar-refractivity contribution in [2.45, 2.75) is 52.4 Å². The van der Waals surface area contributed by atoms with Crippen LogP contribution < -0.4 is 10.2 Å². The average Bonchev–Trinajstić information content (AvgIpc) is 3.30. The molecule has 0 spiro atoms. The van der Waals surface area contributed by atoms with Crippen LogP contribution in [0, 0.1) is 25.7 Å². The maximum Gasteiger partial charge on any atom is 0.274 e. The van der Waals surface area contributed by atoms with Crippen LogP contribution in [0.5, 0.6) is 0 Å². The van der Waals surface area contributed by atoms with E-state index in [2.05, 4.69) is 51.2 Å². The van der Waals surface area contributed by atoms with Crippen LogP contribution >= 0.6 is 10.0 Å². The molecule has 1 aliphatic heterocycles. The number of nitrogens with one attached hydrogen (secondary N) is 1. The predicted octanol–water partition coefficient (Wildman–Crippen LogP) is 2.47. The molecule has 3 aromatic heterocycles. The van der Waals surface area contributed by atoms with Gasteiger partial charge in [0.05, 0.1) is 31.1 Å². The lowest BCUT2D eigenvalue weighted by Gasteiger charge is -2.24. The van der Waals surface area contributed by atoms with Gasteiger partial charge in [-0.3, -0.25) is 4.79 Å². The number of carbonyl (C=O) groups excluding carboxylic acids is 1. The van der Waals surface area contributed by atoms with Crippen LogP contribution in [0.4, 0.5) is 5.95 Å². The van der Waals surface area contributed by atoms with E-state index in [1.807, 2.05) is 17.8 Å². The molecule has 2 aliphatic carbocycles. The van der Waals surface area contributed by atoms with Crippen molar-refractivity contribution in [1.82, 2.24) is 40.1 Å². The highest BCUT2D eigenvalue weighted by molar-refractivity contribution is 8.32. The first-order valence-electron chi connectivity index (χ1n) is 13.7. The minimum atomic E-state index is -0.580. The SMILES string of the molecule is Cc1nc(N2CC3CC3C2)ncc1Cn1cc(C(=O)N[C@@H]2CCc3c2nn(COCCS(C)(C)C)c3C)nn1. The number of hydrogen-bond donors (Lipinski definition) is 1. The molecule has 2 fully saturated rings. The Bertz CT molecular complexity index is 1370. The molecular formula is C27H39N9O2S. The first-order valence-corrected chi connectivity index (χ1v) is 16.8. The third kappa shape index (κ3) is 5.67. The van der Waals surface area contributed by atoms with Gasteiger partial charge in [-0.1, -0.05) is 5.21 Å². The van der Waals surface area contributed by atoms with Gasteiger partial charge in [-0.05, 0) is 69.3 Å². The second-order valence-corrected chi connectivity index (χ2v) is 16.7. The molecule has 1 saturated heterocycles. The van der Waals surface area contributed by atoms with Crippen LogP contribution in [0.1, 0.15) is 57.6 Å². The van der Waals surface area contributed by atoms with Gasteiger partial charge < -0.3 is 15.0 Å². The van der Waals surface area contributed by atoms with Gasteiger partial charge in [-0.25, -0.2) is 29.4 Å². The molecule has 3 aromatic rings. The second kappa shape index (κ2) is 10.2. The number of carbonyl (C=O) groups is 1. The van der Waals surface area contributed by atoms with Crippen LogP contribution in [-0.4, -0.2) is 84.9 Å². The van der Waals surface area contributed by atoms with E-state index < -0.39 is 10.0 Å². The fourth-order valence-corrected chi connectivity index (χ4v) is 6.20. The average molecular weight is 554 g/mol. The molecule has 3 atom stereocenters. The van der Waals surface area contributed by atoms with Crippen molar-refractivity contribution >= 4 is 21.9 Å². The molecule has 39 heavy (non-hydrogen) atoms. The molecule has 11 nitrogen and oxygen atoms in total. The van der Waals surface area contributed by atoms with Crippen molar-refractivity contribution in [2.24, 2.45) is 11.8 Å². The fraction of sp³-hybridized carbons (Fsp3) is 0.630. The summed E-state index contributed by atoms with van der Waals surface area (Å²) in [7, 11) is -0.580. The van der Waals surface area contributed by atoms with Crippen molar-refractivity contribution in [3.63, 3.8) is 0 Å². The number of amides is 1. The standard InChI is InChI=1S/C27H39N9O2S/c1-17-21(11-28-27(29-17)34-12-19-10-20(19)13-34)14-35-15-24(31-33-35)26(37)30-23-7-6-22-18(2)36(32-25(22)23)16-38-8-9-39(3,4)5/h11,15,19-20,23H,6-10,12-14,16H2,1-5H3,(H,30,37)/t19?,20?,23-/m1/s1. The normalized spacial score (nSPS) is 22.2. The van der Waals surface area contributed by atoms with Gasteiger partial charge in [-0.15, -0.1) is 5.10 Å². The maximum absolute atomic E-state index is 13.0. The minimum Gasteiger partial charge on any atom is -0.358 e. The lowest BCUT2D eigenvalue weighted by molar-refractivity contribution is 0.0786. The molecule has 0 radical (unpaired) electrons. The Balaban J connectivity index is 1.05. The molecule has 0 aromatic carbocycles. The topological polar surface area (TPSA) is 116 Å². The summed E-state index contributed by atoms with van der Waals surface area (Å²) in [6, 6.07) is -0.142. The van der Waals surface area contributed by atoms with E-state index in [1.54, 1.807) is 10.9 Å². The first kappa shape index (κ1) is 26.2. The van der Waals surface area contributed by atoms with Crippen molar-refractivity contribution in [3.8, 4) is 0 Å². The zero-order chi connectivity index (χ0) is 27.3. The smallest absolute Gasteiger partial charge is 0.274 e. The van der Waals surface area contributed by atoms with Crippen molar-refractivity contribution in [3.05, 3.63) is 46.3 Å². The molecule has 2 unspecified atom stereocenters. The summed E-state index contributed by atoms with van der Waals surface area (Å²) in [6.45, 7) is 7.84. The van der Waals surface area contributed by atoms with Gasteiger partial charge in [0.15, 0.2) is 5.69 Å². The summed E-state index contributed by atoms with van der Waals surface area (Å²) in [5.41, 5.74) is 5.43. The zero-order valence-electron chi connectivity index (χ0n) is 23.6.